The summed E-state index contributed by atoms with van der Waals surface area (Å²) in [6, 6.07) is 7.00. The first-order chi connectivity index (χ1) is 14.9. The minimum atomic E-state index is -4.41. The molecule has 1 saturated carbocycles. The summed E-state index contributed by atoms with van der Waals surface area (Å²) in [5.74, 6) is -0.257. The van der Waals surface area contributed by atoms with Gasteiger partial charge in [0.05, 0.1) is 29.9 Å². The molecule has 0 saturated heterocycles. The fourth-order valence-electron chi connectivity index (χ4n) is 3.94. The number of rotatable bonds is 5. The zero-order valence-electron chi connectivity index (χ0n) is 16.7. The Morgan fingerprint density at radius 3 is 2.68 bits per heavy atom. The molecule has 2 heterocycles. The minimum Gasteiger partial charge on any atom is -0.353 e. The zero-order valence-corrected chi connectivity index (χ0v) is 16.7. The van der Waals surface area contributed by atoms with Crippen LogP contribution in [0.5, 0.6) is 0 Å². The molecule has 9 heteroatoms. The second kappa shape index (κ2) is 8.87. The third-order valence-electron chi connectivity index (χ3n) is 5.53. The Kier molecular flexibility index (Phi) is 6.01. The Morgan fingerprint density at radius 2 is 1.97 bits per heavy atom. The van der Waals surface area contributed by atoms with Crippen molar-refractivity contribution in [3.8, 4) is 11.3 Å². The normalized spacial score (nSPS) is 19.2. The highest BCUT2D eigenvalue weighted by molar-refractivity contribution is 5.78. The predicted molar refractivity (Wildman–Crippen MR) is 108 cm³/mol. The van der Waals surface area contributed by atoms with E-state index >= 15 is 0 Å². The van der Waals surface area contributed by atoms with Crippen molar-refractivity contribution in [2.45, 2.75) is 50.4 Å². The van der Waals surface area contributed by atoms with Gasteiger partial charge < -0.3 is 5.32 Å². The van der Waals surface area contributed by atoms with Gasteiger partial charge in [0.1, 0.15) is 6.33 Å². The Labute approximate surface area is 177 Å². The molecule has 2 aromatic heterocycles. The van der Waals surface area contributed by atoms with Crippen molar-refractivity contribution < 1.29 is 18.0 Å². The average molecular weight is 429 g/mol. The Balaban J connectivity index is 1.29. The molecule has 1 aliphatic carbocycles. The van der Waals surface area contributed by atoms with E-state index in [0.717, 1.165) is 49.1 Å². The number of nitrogens with zero attached hydrogens (tertiary/aromatic N) is 4. The predicted octanol–water partition coefficient (Wildman–Crippen LogP) is 4.20. The van der Waals surface area contributed by atoms with Crippen LogP contribution in [0, 0.1) is 0 Å². The van der Waals surface area contributed by atoms with Gasteiger partial charge in [0.2, 0.25) is 5.91 Å². The zero-order chi connectivity index (χ0) is 21.8. The maximum Gasteiger partial charge on any atom is 0.416 e. The van der Waals surface area contributed by atoms with Crippen molar-refractivity contribution in [3.05, 3.63) is 66.4 Å². The molecule has 1 fully saturated rings. The number of halogens is 3. The van der Waals surface area contributed by atoms with Gasteiger partial charge in [-0.25, -0.2) is 9.97 Å². The number of carbonyl (C=O) groups excluding carboxylic acids is 1. The molecule has 0 atom stereocenters. The maximum atomic E-state index is 12.8. The molecule has 3 aromatic rings. The van der Waals surface area contributed by atoms with Gasteiger partial charge in [-0.05, 0) is 43.4 Å². The molecule has 1 N–H and O–H groups in total. The number of benzene rings is 1. The molecular formula is C22H22F3N5O. The van der Waals surface area contributed by atoms with E-state index in [1.165, 1.54) is 12.4 Å². The lowest BCUT2D eigenvalue weighted by atomic mass is 9.91. The fourth-order valence-corrected chi connectivity index (χ4v) is 3.94. The molecule has 0 bridgehead atoms. The number of amides is 1. The first kappa shape index (κ1) is 21.0. The smallest absolute Gasteiger partial charge is 0.353 e. The van der Waals surface area contributed by atoms with Crippen LogP contribution in [0.2, 0.25) is 0 Å². The number of nitrogens with one attached hydrogen (secondary N) is 1. The van der Waals surface area contributed by atoms with Gasteiger partial charge in [0.25, 0.3) is 0 Å². The fraction of sp³-hybridized carbons (Fsp3) is 0.364. The highest BCUT2D eigenvalue weighted by Crippen LogP contribution is 2.31. The second-order valence-electron chi connectivity index (χ2n) is 7.75. The van der Waals surface area contributed by atoms with Crippen LogP contribution < -0.4 is 5.32 Å². The van der Waals surface area contributed by atoms with Crippen molar-refractivity contribution >= 4 is 5.91 Å². The van der Waals surface area contributed by atoms with E-state index in [9.17, 15) is 18.0 Å². The summed E-state index contributed by atoms with van der Waals surface area (Å²) in [7, 11) is 0. The highest BCUT2D eigenvalue weighted by atomic mass is 19.4. The summed E-state index contributed by atoms with van der Waals surface area (Å²) in [6.07, 6.45) is 5.77. The van der Waals surface area contributed by atoms with Crippen LogP contribution in [0.1, 0.15) is 42.9 Å². The third-order valence-corrected chi connectivity index (χ3v) is 5.53. The van der Waals surface area contributed by atoms with E-state index in [2.05, 4.69) is 20.4 Å². The van der Waals surface area contributed by atoms with E-state index in [4.69, 9.17) is 0 Å². The topological polar surface area (TPSA) is 72.7 Å². The summed E-state index contributed by atoms with van der Waals surface area (Å²) in [5.41, 5.74) is 1.37. The molecule has 162 valence electrons. The summed E-state index contributed by atoms with van der Waals surface area (Å²) >= 11 is 0. The minimum absolute atomic E-state index is 0.0199. The highest BCUT2D eigenvalue weighted by Gasteiger charge is 2.30. The SMILES string of the molecule is O=C(Cc1cccc(C(F)(F)F)c1)NC1CCC(n2cc(-c3ccncn3)cn2)CC1. The molecule has 4 rings (SSSR count). The van der Waals surface area contributed by atoms with E-state index in [1.807, 2.05) is 16.9 Å². The van der Waals surface area contributed by atoms with Crippen molar-refractivity contribution in [2.75, 3.05) is 0 Å². The average Bonchev–Trinajstić information content (AvgIpc) is 3.25. The van der Waals surface area contributed by atoms with E-state index in [0.29, 0.717) is 5.56 Å². The van der Waals surface area contributed by atoms with Crippen LogP contribution in [0.15, 0.2) is 55.2 Å². The summed E-state index contributed by atoms with van der Waals surface area (Å²) in [4.78, 5) is 20.5. The van der Waals surface area contributed by atoms with Crippen molar-refractivity contribution in [1.82, 2.24) is 25.1 Å². The lowest BCUT2D eigenvalue weighted by molar-refractivity contribution is -0.137. The van der Waals surface area contributed by atoms with E-state index < -0.39 is 11.7 Å². The molecule has 0 aliphatic heterocycles. The second-order valence-corrected chi connectivity index (χ2v) is 7.75. The molecule has 1 amide bonds. The molecule has 1 aliphatic rings. The lowest BCUT2D eigenvalue weighted by Gasteiger charge is -2.29. The molecule has 0 radical (unpaired) electrons. The van der Waals surface area contributed by atoms with Gasteiger partial charge in [0, 0.05) is 24.0 Å². The van der Waals surface area contributed by atoms with Gasteiger partial charge in [-0.15, -0.1) is 0 Å². The molecule has 1 aromatic carbocycles. The molecule has 0 spiro atoms. The first-order valence-electron chi connectivity index (χ1n) is 10.1. The maximum absolute atomic E-state index is 12.8. The lowest BCUT2D eigenvalue weighted by Crippen LogP contribution is -2.38. The first-order valence-corrected chi connectivity index (χ1v) is 10.1. The van der Waals surface area contributed by atoms with Crippen LogP contribution in [0.25, 0.3) is 11.3 Å². The van der Waals surface area contributed by atoms with E-state index in [1.54, 1.807) is 18.5 Å². The number of hydrogen-bond donors (Lipinski definition) is 1. The number of aromatic nitrogens is 4. The van der Waals surface area contributed by atoms with Crippen molar-refractivity contribution in [2.24, 2.45) is 0 Å². The molecule has 31 heavy (non-hydrogen) atoms. The van der Waals surface area contributed by atoms with Crippen molar-refractivity contribution in [3.63, 3.8) is 0 Å². The quantitative estimate of drug-likeness (QED) is 0.660. The third kappa shape index (κ3) is 5.28. The largest absolute Gasteiger partial charge is 0.416 e. The van der Waals surface area contributed by atoms with Gasteiger partial charge in [-0.2, -0.15) is 18.3 Å². The Bertz CT molecular complexity index is 1030. The van der Waals surface area contributed by atoms with Crippen LogP contribution in [-0.2, 0) is 17.4 Å². The van der Waals surface area contributed by atoms with Gasteiger partial charge >= 0.3 is 6.18 Å². The monoisotopic (exact) mass is 429 g/mol. The summed E-state index contributed by atoms with van der Waals surface area (Å²) < 4.78 is 40.5. The van der Waals surface area contributed by atoms with Gasteiger partial charge in [0.15, 0.2) is 0 Å². The number of alkyl halides is 3. The van der Waals surface area contributed by atoms with Crippen LogP contribution >= 0.6 is 0 Å². The summed E-state index contributed by atoms with van der Waals surface area (Å²) in [5, 5.41) is 7.42. The van der Waals surface area contributed by atoms with Gasteiger partial charge in [-0.1, -0.05) is 18.2 Å². The molecule has 0 unspecified atom stereocenters. The molecular weight excluding hydrogens is 407 g/mol. The van der Waals surface area contributed by atoms with Crippen LogP contribution in [0.3, 0.4) is 0 Å². The van der Waals surface area contributed by atoms with Crippen LogP contribution in [0.4, 0.5) is 13.2 Å². The van der Waals surface area contributed by atoms with Gasteiger partial charge in [-0.3, -0.25) is 9.48 Å². The Morgan fingerprint density at radius 1 is 1.16 bits per heavy atom. The number of hydrogen-bond acceptors (Lipinski definition) is 4. The summed E-state index contributed by atoms with van der Waals surface area (Å²) in [6.45, 7) is 0. The Hall–Kier alpha value is -3.23. The molecule has 6 nitrogen and oxygen atoms in total. The van der Waals surface area contributed by atoms with E-state index in [-0.39, 0.29) is 24.4 Å². The van der Waals surface area contributed by atoms with Crippen LogP contribution in [-0.4, -0.2) is 31.7 Å². The standard InChI is InChI=1S/C22H22F3N5O/c23-22(24,25)17-3-1-2-15(10-17)11-21(31)29-18-4-6-19(7-5-18)30-13-16(12-28-30)20-8-9-26-14-27-20/h1-3,8-10,12-14,18-19H,4-7,11H2,(H,29,31). The van der Waals surface area contributed by atoms with Crippen molar-refractivity contribution in [1.29, 1.82) is 0 Å². The number of carbonyl (C=O) groups is 1.